The Balaban J connectivity index is 2.47. The second-order valence-electron chi connectivity index (χ2n) is 4.50. The van der Waals surface area contributed by atoms with Gasteiger partial charge in [0.15, 0.2) is 0 Å². The van der Waals surface area contributed by atoms with E-state index < -0.39 is 29.6 Å². The number of aliphatic hydroxyl groups is 1. The fourth-order valence-electron chi connectivity index (χ4n) is 1.62. The maximum atomic E-state index is 11.5. The average Bonchev–Trinajstić information content (AvgIpc) is 2.46. The third kappa shape index (κ3) is 5.61. The number of alkyl carbamates (subject to hydrolysis) is 1. The lowest BCUT2D eigenvalue weighted by atomic mass is 10.2. The van der Waals surface area contributed by atoms with Gasteiger partial charge in [-0.25, -0.2) is 9.59 Å². The molecule has 3 N–H and O–H groups in total. The first-order chi connectivity index (χ1) is 10.4. The van der Waals surface area contributed by atoms with Crippen molar-refractivity contribution >= 4 is 12.1 Å². The van der Waals surface area contributed by atoms with Crippen LogP contribution in [0.5, 0.6) is 0 Å². The zero-order valence-corrected chi connectivity index (χ0v) is 11.9. The van der Waals surface area contributed by atoms with Gasteiger partial charge in [0.1, 0.15) is 12.4 Å². The number of amides is 1. The van der Waals surface area contributed by atoms with Crippen LogP contribution in [-0.2, 0) is 16.1 Å². The number of carbonyl (C=O) groups excluding carboxylic acids is 1. The third-order valence-electron chi connectivity index (χ3n) is 2.64. The van der Waals surface area contributed by atoms with E-state index in [2.05, 4.69) is 10.5 Å². The number of hydrogen-bond acceptors (Lipinski definition) is 6. The van der Waals surface area contributed by atoms with Crippen LogP contribution in [0.15, 0.2) is 47.0 Å². The number of nitrogens with one attached hydrogen (secondary N) is 1. The highest BCUT2D eigenvalue weighted by atomic mass is 16.5. The lowest BCUT2D eigenvalue weighted by molar-refractivity contribution is -0.132. The Labute approximate surface area is 126 Å². The summed E-state index contributed by atoms with van der Waals surface area (Å²) in [6.07, 6.45) is -0.978. The van der Waals surface area contributed by atoms with E-state index in [-0.39, 0.29) is 13.0 Å². The van der Waals surface area contributed by atoms with Crippen molar-refractivity contribution in [3.63, 3.8) is 0 Å². The van der Waals surface area contributed by atoms with Crippen molar-refractivity contribution in [2.75, 3.05) is 0 Å². The Kier molecular flexibility index (Phi) is 6.55. The minimum absolute atomic E-state index is 0.0808. The van der Waals surface area contributed by atoms with Gasteiger partial charge in [-0.3, -0.25) is 0 Å². The standard InChI is InChI=1S/C14H16N2O6/c1-9(7-11(17)12(16-21)13(18)19)15-14(20)22-8-10-5-3-2-4-6-10/h2-6,9,17H,7-8H2,1H3,(H,15,20)(H,18,19)/t9-/m0/s1. The molecule has 0 heterocycles. The van der Waals surface area contributed by atoms with Crippen LogP contribution in [0.3, 0.4) is 0 Å². The quantitative estimate of drug-likeness (QED) is 0.403. The van der Waals surface area contributed by atoms with E-state index in [1.807, 2.05) is 18.2 Å². The fraction of sp³-hybridized carbons (Fsp3) is 0.286. The number of nitrogens with zero attached hydrogens (tertiary/aromatic N) is 1. The molecule has 0 saturated heterocycles. The van der Waals surface area contributed by atoms with Crippen molar-refractivity contribution in [1.82, 2.24) is 5.32 Å². The molecule has 1 aromatic carbocycles. The zero-order chi connectivity index (χ0) is 16.5. The molecule has 1 amide bonds. The molecular formula is C14H16N2O6. The number of aliphatic carboxylic acids is 1. The van der Waals surface area contributed by atoms with Crippen LogP contribution >= 0.6 is 0 Å². The van der Waals surface area contributed by atoms with E-state index in [1.165, 1.54) is 6.92 Å². The second-order valence-corrected chi connectivity index (χ2v) is 4.50. The van der Waals surface area contributed by atoms with Crippen molar-refractivity contribution in [3.05, 3.63) is 52.3 Å². The minimum atomic E-state index is -1.63. The van der Waals surface area contributed by atoms with Gasteiger partial charge in [0, 0.05) is 12.5 Å². The smallest absolute Gasteiger partial charge is 0.407 e. The maximum Gasteiger partial charge on any atom is 0.407 e. The number of rotatable bonds is 7. The molecule has 22 heavy (non-hydrogen) atoms. The van der Waals surface area contributed by atoms with Crippen LogP contribution in [-0.4, -0.2) is 28.3 Å². The summed E-state index contributed by atoms with van der Waals surface area (Å²) in [5, 5.41) is 22.7. The number of benzene rings is 1. The lowest BCUT2D eigenvalue weighted by Gasteiger charge is -2.13. The maximum absolute atomic E-state index is 11.5. The number of carboxylic acid groups (broad SMARTS) is 1. The predicted molar refractivity (Wildman–Crippen MR) is 76.9 cm³/mol. The number of aliphatic hydroxyl groups excluding tert-OH is 1. The van der Waals surface area contributed by atoms with Crippen molar-refractivity contribution in [2.45, 2.75) is 26.0 Å². The first-order valence-electron chi connectivity index (χ1n) is 6.40. The Hall–Kier alpha value is -2.90. The zero-order valence-electron chi connectivity index (χ0n) is 11.9. The number of ether oxygens (including phenoxy) is 1. The third-order valence-corrected chi connectivity index (χ3v) is 2.64. The van der Waals surface area contributed by atoms with Gasteiger partial charge in [-0.05, 0) is 17.7 Å². The summed E-state index contributed by atoms with van der Waals surface area (Å²) in [6.45, 7) is 1.60. The summed E-state index contributed by atoms with van der Waals surface area (Å²) in [6, 6.07) is 8.39. The fourth-order valence-corrected chi connectivity index (χ4v) is 1.62. The van der Waals surface area contributed by atoms with Crippen molar-refractivity contribution in [1.29, 1.82) is 0 Å². The largest absolute Gasteiger partial charge is 0.510 e. The molecule has 8 nitrogen and oxygen atoms in total. The number of hydrogen-bond donors (Lipinski definition) is 3. The summed E-state index contributed by atoms with van der Waals surface area (Å²) < 4.78 is 4.97. The van der Waals surface area contributed by atoms with E-state index in [9.17, 15) is 19.6 Å². The molecule has 0 saturated carbocycles. The summed E-state index contributed by atoms with van der Waals surface area (Å²) in [5.74, 6) is -2.34. The van der Waals surface area contributed by atoms with E-state index in [1.54, 1.807) is 12.1 Å². The molecule has 8 heteroatoms. The first kappa shape index (κ1) is 17.2. The molecule has 0 bridgehead atoms. The van der Waals surface area contributed by atoms with Gasteiger partial charge in [-0.15, -0.1) is 4.91 Å². The molecule has 0 radical (unpaired) electrons. The van der Waals surface area contributed by atoms with Gasteiger partial charge in [-0.1, -0.05) is 30.3 Å². The van der Waals surface area contributed by atoms with Crippen LogP contribution in [0.25, 0.3) is 0 Å². The van der Waals surface area contributed by atoms with Gasteiger partial charge >= 0.3 is 12.1 Å². The molecule has 0 aliphatic heterocycles. The van der Waals surface area contributed by atoms with Gasteiger partial charge in [-0.2, -0.15) is 0 Å². The Morgan fingerprint density at radius 1 is 1.27 bits per heavy atom. The van der Waals surface area contributed by atoms with E-state index in [4.69, 9.17) is 9.84 Å². The Bertz CT molecular complexity index is 570. The predicted octanol–water partition coefficient (Wildman–Crippen LogP) is 2.31. The molecule has 1 atom stereocenters. The molecule has 0 aliphatic rings. The Morgan fingerprint density at radius 3 is 2.45 bits per heavy atom. The molecule has 1 aromatic rings. The van der Waals surface area contributed by atoms with Gasteiger partial charge in [0.05, 0.1) is 0 Å². The molecule has 1 rings (SSSR count). The highest BCUT2D eigenvalue weighted by Crippen LogP contribution is 2.10. The Morgan fingerprint density at radius 2 is 1.91 bits per heavy atom. The van der Waals surface area contributed by atoms with Crippen LogP contribution in [0.2, 0.25) is 0 Å². The highest BCUT2D eigenvalue weighted by Gasteiger charge is 2.18. The van der Waals surface area contributed by atoms with E-state index in [0.29, 0.717) is 0 Å². The van der Waals surface area contributed by atoms with Crippen LogP contribution in [0.1, 0.15) is 18.9 Å². The molecule has 118 valence electrons. The SMILES string of the molecule is C[C@@H](CC(O)=C(N=O)C(=O)O)NC(=O)OCc1ccccc1. The average molecular weight is 308 g/mol. The van der Waals surface area contributed by atoms with Gasteiger partial charge < -0.3 is 20.3 Å². The molecule has 0 fully saturated rings. The molecule has 0 aromatic heterocycles. The van der Waals surface area contributed by atoms with Crippen molar-refractivity contribution < 1.29 is 24.5 Å². The van der Waals surface area contributed by atoms with Crippen molar-refractivity contribution in [2.24, 2.45) is 5.18 Å². The minimum Gasteiger partial charge on any atom is -0.510 e. The first-order valence-corrected chi connectivity index (χ1v) is 6.40. The monoisotopic (exact) mass is 308 g/mol. The van der Waals surface area contributed by atoms with Gasteiger partial charge in [0.2, 0.25) is 5.70 Å². The number of carbonyl (C=O) groups is 2. The summed E-state index contributed by atoms with van der Waals surface area (Å²) in [5.41, 5.74) is -0.169. The second kappa shape index (κ2) is 8.40. The molecule has 0 unspecified atom stereocenters. The normalized spacial score (nSPS) is 12.8. The van der Waals surface area contributed by atoms with E-state index in [0.717, 1.165) is 5.56 Å². The van der Waals surface area contributed by atoms with Crippen molar-refractivity contribution in [3.8, 4) is 0 Å². The molecule has 0 aliphatic carbocycles. The summed E-state index contributed by atoms with van der Waals surface area (Å²) in [7, 11) is 0. The highest BCUT2D eigenvalue weighted by molar-refractivity contribution is 5.86. The number of nitroso groups, excluding NO2 is 1. The van der Waals surface area contributed by atoms with Crippen LogP contribution in [0, 0.1) is 4.91 Å². The molecule has 0 spiro atoms. The lowest BCUT2D eigenvalue weighted by Crippen LogP contribution is -2.33. The van der Waals surface area contributed by atoms with E-state index >= 15 is 0 Å². The van der Waals surface area contributed by atoms with Gasteiger partial charge in [0.25, 0.3) is 0 Å². The summed E-state index contributed by atoms with van der Waals surface area (Å²) in [4.78, 5) is 32.5. The summed E-state index contributed by atoms with van der Waals surface area (Å²) >= 11 is 0. The van der Waals surface area contributed by atoms with Crippen LogP contribution in [0.4, 0.5) is 4.79 Å². The molecular weight excluding hydrogens is 292 g/mol. The van der Waals surface area contributed by atoms with Crippen LogP contribution < -0.4 is 5.32 Å². The number of carboxylic acids is 1. The topological polar surface area (TPSA) is 125 Å².